The van der Waals surface area contributed by atoms with E-state index in [2.05, 4.69) is 13.8 Å². The Kier molecular flexibility index (Phi) is 4.32. The van der Waals surface area contributed by atoms with Gasteiger partial charge in [-0.25, -0.2) is 0 Å². The van der Waals surface area contributed by atoms with Gasteiger partial charge in [0.25, 0.3) is 5.91 Å². The monoisotopic (exact) mass is 358 g/mol. The van der Waals surface area contributed by atoms with Crippen LogP contribution in [-0.2, 0) is 12.8 Å². The predicted molar refractivity (Wildman–Crippen MR) is 109 cm³/mol. The van der Waals surface area contributed by atoms with Gasteiger partial charge >= 0.3 is 0 Å². The summed E-state index contributed by atoms with van der Waals surface area (Å²) < 4.78 is 6.19. The molecule has 4 nitrogen and oxygen atoms in total. The lowest BCUT2D eigenvalue weighted by molar-refractivity contribution is 0.0997. The minimum absolute atomic E-state index is 0.124. The minimum Gasteiger partial charge on any atom is -0.453 e. The van der Waals surface area contributed by atoms with E-state index in [1.807, 2.05) is 60.7 Å². The third-order valence-corrected chi connectivity index (χ3v) is 4.91. The standard InChI is InChI=1S/C23H22N2O2/c1-3-15-10-11-19-20(13-15)27-21-14-16(4-2)12-18(24)22(21)25(19)23(26)17-8-6-5-7-9-17/h5-14H,3-4,24H2,1-2H3. The van der Waals surface area contributed by atoms with Crippen molar-refractivity contribution in [3.8, 4) is 11.5 Å². The molecule has 0 unspecified atom stereocenters. The maximum absolute atomic E-state index is 13.4. The van der Waals surface area contributed by atoms with Gasteiger partial charge in [-0.15, -0.1) is 0 Å². The van der Waals surface area contributed by atoms with Crippen LogP contribution in [0.15, 0.2) is 60.7 Å². The highest BCUT2D eigenvalue weighted by Gasteiger charge is 2.32. The van der Waals surface area contributed by atoms with Crippen LogP contribution < -0.4 is 15.4 Å². The fourth-order valence-electron chi connectivity index (χ4n) is 3.41. The smallest absolute Gasteiger partial charge is 0.263 e. The molecule has 4 rings (SSSR count). The van der Waals surface area contributed by atoms with Gasteiger partial charge in [0.05, 0.1) is 11.4 Å². The zero-order valence-corrected chi connectivity index (χ0v) is 15.5. The van der Waals surface area contributed by atoms with E-state index in [1.54, 1.807) is 4.90 Å². The summed E-state index contributed by atoms with van der Waals surface area (Å²) in [4.78, 5) is 15.1. The average Bonchev–Trinajstić information content (AvgIpc) is 2.71. The van der Waals surface area contributed by atoms with Gasteiger partial charge in [-0.05, 0) is 60.4 Å². The number of nitrogens with zero attached hydrogens (tertiary/aromatic N) is 1. The summed E-state index contributed by atoms with van der Waals surface area (Å²) in [6.07, 6.45) is 1.74. The Hall–Kier alpha value is -3.27. The van der Waals surface area contributed by atoms with Crippen LogP contribution in [0.3, 0.4) is 0 Å². The molecule has 0 bridgehead atoms. The Bertz CT molecular complexity index is 1010. The summed E-state index contributed by atoms with van der Waals surface area (Å²) in [6.45, 7) is 4.17. The SMILES string of the molecule is CCc1ccc2c(c1)Oc1cc(CC)cc(N)c1N2C(=O)c1ccccc1. The maximum atomic E-state index is 13.4. The molecule has 0 saturated heterocycles. The Labute approximate surface area is 159 Å². The van der Waals surface area contributed by atoms with E-state index < -0.39 is 0 Å². The number of hydrogen-bond acceptors (Lipinski definition) is 3. The molecule has 0 fully saturated rings. The van der Waals surface area contributed by atoms with Gasteiger partial charge in [0.15, 0.2) is 11.5 Å². The summed E-state index contributed by atoms with van der Waals surface area (Å²) in [5.41, 5.74) is 11.1. The first-order valence-corrected chi connectivity index (χ1v) is 9.25. The second kappa shape index (κ2) is 6.80. The topological polar surface area (TPSA) is 55.6 Å². The number of aryl methyl sites for hydroxylation is 2. The highest BCUT2D eigenvalue weighted by atomic mass is 16.5. The van der Waals surface area contributed by atoms with Gasteiger partial charge in [-0.1, -0.05) is 38.1 Å². The number of amides is 1. The van der Waals surface area contributed by atoms with E-state index in [9.17, 15) is 4.79 Å². The Morgan fingerprint density at radius 3 is 2.33 bits per heavy atom. The van der Waals surface area contributed by atoms with Crippen LogP contribution >= 0.6 is 0 Å². The first-order chi connectivity index (χ1) is 13.1. The number of rotatable bonds is 3. The maximum Gasteiger partial charge on any atom is 0.263 e. The summed E-state index contributed by atoms with van der Waals surface area (Å²) in [6, 6.07) is 19.1. The molecule has 1 amide bonds. The van der Waals surface area contributed by atoms with Crippen molar-refractivity contribution >= 4 is 23.0 Å². The van der Waals surface area contributed by atoms with Crippen molar-refractivity contribution < 1.29 is 9.53 Å². The second-order valence-electron chi connectivity index (χ2n) is 6.65. The van der Waals surface area contributed by atoms with Crippen molar-refractivity contribution in [1.82, 2.24) is 0 Å². The average molecular weight is 358 g/mol. The fraction of sp³-hybridized carbons (Fsp3) is 0.174. The predicted octanol–water partition coefficient (Wildman–Crippen LogP) is 5.48. The number of fused-ring (bicyclic) bond motifs is 2. The Morgan fingerprint density at radius 2 is 1.63 bits per heavy atom. The quantitative estimate of drug-likeness (QED) is 0.631. The number of nitrogen functional groups attached to an aromatic ring is 1. The van der Waals surface area contributed by atoms with Crippen molar-refractivity contribution in [3.05, 3.63) is 77.4 Å². The third kappa shape index (κ3) is 2.93. The van der Waals surface area contributed by atoms with Crippen LogP contribution in [0.5, 0.6) is 11.5 Å². The lowest BCUT2D eigenvalue weighted by Gasteiger charge is -2.33. The fourth-order valence-corrected chi connectivity index (χ4v) is 3.41. The van der Waals surface area contributed by atoms with Gasteiger partial charge in [0, 0.05) is 5.56 Å². The van der Waals surface area contributed by atoms with Crippen LogP contribution in [0, 0.1) is 0 Å². The van der Waals surface area contributed by atoms with Gasteiger partial charge in [-0.2, -0.15) is 0 Å². The molecule has 0 aliphatic carbocycles. The molecule has 27 heavy (non-hydrogen) atoms. The summed E-state index contributed by atoms with van der Waals surface area (Å²) in [5, 5.41) is 0. The summed E-state index contributed by atoms with van der Waals surface area (Å²) in [7, 11) is 0. The molecule has 0 atom stereocenters. The normalized spacial score (nSPS) is 12.1. The molecule has 4 heteroatoms. The largest absolute Gasteiger partial charge is 0.453 e. The first-order valence-electron chi connectivity index (χ1n) is 9.25. The molecule has 136 valence electrons. The van der Waals surface area contributed by atoms with Crippen LogP contribution in [0.4, 0.5) is 17.1 Å². The minimum atomic E-state index is -0.124. The second-order valence-corrected chi connectivity index (χ2v) is 6.65. The van der Waals surface area contributed by atoms with Crippen molar-refractivity contribution in [2.24, 2.45) is 0 Å². The van der Waals surface area contributed by atoms with Crippen LogP contribution in [0.2, 0.25) is 0 Å². The van der Waals surface area contributed by atoms with Gasteiger partial charge < -0.3 is 10.5 Å². The van der Waals surface area contributed by atoms with Crippen molar-refractivity contribution in [2.75, 3.05) is 10.6 Å². The number of ether oxygens (including phenoxy) is 1. The Balaban J connectivity index is 1.93. The van der Waals surface area contributed by atoms with E-state index >= 15 is 0 Å². The highest BCUT2D eigenvalue weighted by Crippen LogP contribution is 2.50. The van der Waals surface area contributed by atoms with Crippen molar-refractivity contribution in [2.45, 2.75) is 26.7 Å². The molecule has 1 aliphatic heterocycles. The van der Waals surface area contributed by atoms with Crippen LogP contribution in [0.1, 0.15) is 35.3 Å². The molecule has 1 aliphatic rings. The molecule has 2 N–H and O–H groups in total. The molecule has 0 saturated carbocycles. The number of carbonyl (C=O) groups is 1. The third-order valence-electron chi connectivity index (χ3n) is 4.91. The summed E-state index contributed by atoms with van der Waals surface area (Å²) >= 11 is 0. The lowest BCUT2D eigenvalue weighted by Crippen LogP contribution is -2.29. The van der Waals surface area contributed by atoms with E-state index in [-0.39, 0.29) is 5.91 Å². The van der Waals surface area contributed by atoms with Crippen LogP contribution in [0.25, 0.3) is 0 Å². The molecule has 0 aromatic heterocycles. The van der Waals surface area contributed by atoms with Gasteiger partial charge in [0.1, 0.15) is 5.69 Å². The number of nitrogens with two attached hydrogens (primary N) is 1. The Morgan fingerprint density at radius 1 is 0.926 bits per heavy atom. The zero-order chi connectivity index (χ0) is 19.0. The van der Waals surface area contributed by atoms with E-state index in [0.29, 0.717) is 34.1 Å². The molecular formula is C23H22N2O2. The lowest BCUT2D eigenvalue weighted by atomic mass is 10.0. The first kappa shape index (κ1) is 17.2. The van der Waals surface area contributed by atoms with E-state index in [4.69, 9.17) is 10.5 Å². The highest BCUT2D eigenvalue weighted by molar-refractivity contribution is 6.15. The van der Waals surface area contributed by atoms with E-state index in [1.165, 1.54) is 0 Å². The number of anilines is 3. The molecule has 0 spiro atoms. The molecule has 0 radical (unpaired) electrons. The summed E-state index contributed by atoms with van der Waals surface area (Å²) in [5.74, 6) is 1.18. The number of carbonyl (C=O) groups excluding carboxylic acids is 1. The van der Waals surface area contributed by atoms with Gasteiger partial charge in [0.2, 0.25) is 0 Å². The molecule has 3 aromatic carbocycles. The van der Waals surface area contributed by atoms with Crippen LogP contribution in [-0.4, -0.2) is 5.91 Å². The number of benzene rings is 3. The molecular weight excluding hydrogens is 336 g/mol. The van der Waals surface area contributed by atoms with Gasteiger partial charge in [-0.3, -0.25) is 9.69 Å². The van der Waals surface area contributed by atoms with Crippen molar-refractivity contribution in [1.29, 1.82) is 0 Å². The number of hydrogen-bond donors (Lipinski definition) is 1. The molecule has 3 aromatic rings. The zero-order valence-electron chi connectivity index (χ0n) is 15.5. The van der Waals surface area contributed by atoms with Crippen molar-refractivity contribution in [3.63, 3.8) is 0 Å². The van der Waals surface area contributed by atoms with E-state index in [0.717, 1.165) is 24.0 Å². The molecule has 1 heterocycles.